The highest BCUT2D eigenvalue weighted by molar-refractivity contribution is 5.95. The second-order valence-electron chi connectivity index (χ2n) is 8.42. The zero-order valence-electron chi connectivity index (χ0n) is 19.6. The highest BCUT2D eigenvalue weighted by Crippen LogP contribution is 2.16. The van der Waals surface area contributed by atoms with Crippen LogP contribution in [0.5, 0.6) is 0 Å². The van der Waals surface area contributed by atoms with Crippen molar-refractivity contribution >= 4 is 35.2 Å². The van der Waals surface area contributed by atoms with Crippen LogP contribution in [-0.2, 0) is 19.2 Å². The van der Waals surface area contributed by atoms with Crippen LogP contribution < -0.4 is 11.1 Å². The lowest BCUT2D eigenvalue weighted by molar-refractivity contribution is -0.140. The summed E-state index contributed by atoms with van der Waals surface area (Å²) in [6.45, 7) is 2.04. The molecule has 1 aliphatic heterocycles. The molecule has 0 aromatic heterocycles. The van der Waals surface area contributed by atoms with Crippen LogP contribution >= 0.6 is 0 Å². The van der Waals surface area contributed by atoms with Gasteiger partial charge in [-0.25, -0.2) is 0 Å². The second kappa shape index (κ2) is 14.2. The number of para-hydroxylation sites is 2. The molecule has 0 radical (unpaired) electrons. The van der Waals surface area contributed by atoms with Gasteiger partial charge in [-0.1, -0.05) is 12.1 Å². The van der Waals surface area contributed by atoms with Crippen molar-refractivity contribution in [3.63, 3.8) is 0 Å². The molecular formula is C22H34N6O7. The van der Waals surface area contributed by atoms with Crippen molar-refractivity contribution in [3.05, 3.63) is 24.3 Å². The largest absolute Gasteiger partial charge is 0.480 e. The fourth-order valence-electron chi connectivity index (χ4n) is 3.79. The summed E-state index contributed by atoms with van der Waals surface area (Å²) < 4.78 is 0. The van der Waals surface area contributed by atoms with Crippen molar-refractivity contribution < 1.29 is 34.5 Å². The Morgan fingerprint density at radius 3 is 1.34 bits per heavy atom. The second-order valence-corrected chi connectivity index (χ2v) is 8.42. The summed E-state index contributed by atoms with van der Waals surface area (Å²) in [6, 6.07) is 6.87. The van der Waals surface area contributed by atoms with Gasteiger partial charge in [0.05, 0.1) is 37.6 Å². The first kappa shape index (κ1) is 28.0. The monoisotopic (exact) mass is 494 g/mol. The van der Waals surface area contributed by atoms with Crippen molar-refractivity contribution in [3.8, 4) is 0 Å². The molecular weight excluding hydrogens is 460 g/mol. The van der Waals surface area contributed by atoms with Gasteiger partial charge >= 0.3 is 17.9 Å². The molecule has 13 nitrogen and oxygen atoms in total. The smallest absolute Gasteiger partial charge is 0.317 e. The molecule has 35 heavy (non-hydrogen) atoms. The van der Waals surface area contributed by atoms with E-state index in [2.05, 4.69) is 5.32 Å². The highest BCUT2D eigenvalue weighted by atomic mass is 16.4. The van der Waals surface area contributed by atoms with E-state index in [0.717, 1.165) is 0 Å². The predicted octanol–water partition coefficient (Wildman–Crippen LogP) is -1.32. The molecule has 1 aliphatic rings. The Bertz CT molecular complexity index is 852. The minimum Gasteiger partial charge on any atom is -0.480 e. The molecule has 1 amide bonds. The quantitative estimate of drug-likeness (QED) is 0.256. The molecule has 0 aliphatic carbocycles. The van der Waals surface area contributed by atoms with Gasteiger partial charge in [-0.2, -0.15) is 0 Å². The number of nitrogens with zero attached hydrogens (tertiary/aromatic N) is 4. The third kappa shape index (κ3) is 11.1. The SMILES string of the molecule is Nc1ccccc1NC(=O)CN1CCN(CC(=O)O)CCN(CC(=O)O)CCN(CC(=O)O)CC1. The van der Waals surface area contributed by atoms with Crippen LogP contribution in [0.4, 0.5) is 11.4 Å². The standard InChI is InChI=1S/C22H34N6O7/c23-17-3-1-2-4-18(17)24-19(29)13-25-5-7-26(14-20(30)31)9-11-28(16-22(34)35)12-10-27(8-6-25)15-21(32)33/h1-4H,5-16,23H2,(H,24,29)(H,30,31)(H,32,33)(H,34,35). The van der Waals surface area contributed by atoms with E-state index in [0.29, 0.717) is 63.7 Å². The summed E-state index contributed by atoms with van der Waals surface area (Å²) in [5.74, 6) is -3.31. The van der Waals surface area contributed by atoms with E-state index in [9.17, 15) is 34.5 Å². The summed E-state index contributed by atoms with van der Waals surface area (Å²) in [6.07, 6.45) is 0. The molecule has 0 unspecified atom stereocenters. The van der Waals surface area contributed by atoms with Crippen LogP contribution in [0, 0.1) is 0 Å². The molecule has 6 N–H and O–H groups in total. The van der Waals surface area contributed by atoms with Gasteiger partial charge in [-0.05, 0) is 12.1 Å². The van der Waals surface area contributed by atoms with E-state index in [1.165, 1.54) is 0 Å². The number of nitrogens with two attached hydrogens (primary N) is 1. The number of nitrogens with one attached hydrogen (secondary N) is 1. The van der Waals surface area contributed by atoms with E-state index in [1.807, 2.05) is 4.90 Å². The molecule has 1 aromatic rings. The van der Waals surface area contributed by atoms with Crippen molar-refractivity contribution in [2.45, 2.75) is 0 Å². The van der Waals surface area contributed by atoms with Gasteiger partial charge in [0.25, 0.3) is 0 Å². The molecule has 194 valence electrons. The molecule has 2 rings (SSSR count). The van der Waals surface area contributed by atoms with Crippen molar-refractivity contribution in [2.75, 3.05) is 89.6 Å². The number of hydrogen-bond acceptors (Lipinski definition) is 9. The highest BCUT2D eigenvalue weighted by Gasteiger charge is 2.21. The average Bonchev–Trinajstić information content (AvgIpc) is 2.76. The molecule has 1 saturated heterocycles. The molecule has 0 saturated carbocycles. The lowest BCUT2D eigenvalue weighted by Gasteiger charge is -2.32. The van der Waals surface area contributed by atoms with Crippen LogP contribution in [0.2, 0.25) is 0 Å². The number of amides is 1. The van der Waals surface area contributed by atoms with Crippen LogP contribution in [0.25, 0.3) is 0 Å². The van der Waals surface area contributed by atoms with Gasteiger partial charge in [0.2, 0.25) is 5.91 Å². The molecule has 0 spiro atoms. The molecule has 0 bridgehead atoms. The minimum atomic E-state index is -1.01. The Morgan fingerprint density at radius 1 is 0.657 bits per heavy atom. The number of benzene rings is 1. The minimum absolute atomic E-state index is 0.0152. The molecule has 1 fully saturated rings. The zero-order chi connectivity index (χ0) is 25.8. The first-order valence-corrected chi connectivity index (χ1v) is 11.3. The maximum Gasteiger partial charge on any atom is 0.317 e. The fraction of sp³-hybridized carbons (Fsp3) is 0.545. The number of carbonyl (C=O) groups excluding carboxylic acids is 1. The van der Waals surface area contributed by atoms with Gasteiger partial charge in [0.15, 0.2) is 0 Å². The Kier molecular flexibility index (Phi) is 11.4. The van der Waals surface area contributed by atoms with Crippen LogP contribution in [0.15, 0.2) is 24.3 Å². The van der Waals surface area contributed by atoms with Gasteiger partial charge in [-0.15, -0.1) is 0 Å². The Labute approximate surface area is 203 Å². The Hall–Kier alpha value is -3.26. The molecule has 13 heteroatoms. The maximum absolute atomic E-state index is 12.7. The maximum atomic E-state index is 12.7. The number of aliphatic carboxylic acids is 3. The number of carbonyl (C=O) groups is 4. The van der Waals surface area contributed by atoms with E-state index in [1.54, 1.807) is 39.0 Å². The lowest BCUT2D eigenvalue weighted by atomic mass is 10.2. The van der Waals surface area contributed by atoms with E-state index >= 15 is 0 Å². The summed E-state index contributed by atoms with van der Waals surface area (Å²) >= 11 is 0. The Balaban J connectivity index is 2.13. The third-order valence-electron chi connectivity index (χ3n) is 5.61. The summed E-state index contributed by atoms with van der Waals surface area (Å²) in [7, 11) is 0. The predicted molar refractivity (Wildman–Crippen MR) is 128 cm³/mol. The van der Waals surface area contributed by atoms with Gasteiger partial charge in [-0.3, -0.25) is 38.8 Å². The fourth-order valence-corrected chi connectivity index (χ4v) is 3.79. The van der Waals surface area contributed by atoms with Crippen LogP contribution in [0.3, 0.4) is 0 Å². The van der Waals surface area contributed by atoms with Crippen molar-refractivity contribution in [1.29, 1.82) is 0 Å². The van der Waals surface area contributed by atoms with Crippen molar-refractivity contribution in [1.82, 2.24) is 19.6 Å². The van der Waals surface area contributed by atoms with Crippen molar-refractivity contribution in [2.24, 2.45) is 0 Å². The normalized spacial score (nSPS) is 17.7. The molecule has 1 aromatic carbocycles. The third-order valence-corrected chi connectivity index (χ3v) is 5.61. The molecule has 0 atom stereocenters. The number of carboxylic acids is 3. The number of rotatable bonds is 9. The number of nitrogen functional groups attached to an aromatic ring is 1. The summed E-state index contributed by atoms with van der Waals surface area (Å²) in [5, 5.41) is 30.5. The average molecular weight is 495 g/mol. The van der Waals surface area contributed by atoms with Gasteiger partial charge < -0.3 is 26.4 Å². The lowest BCUT2D eigenvalue weighted by Crippen LogP contribution is -2.49. The van der Waals surface area contributed by atoms with Gasteiger partial charge in [0, 0.05) is 52.4 Å². The number of anilines is 2. The summed E-state index contributed by atoms with van der Waals surface area (Å²) in [5.41, 5.74) is 6.82. The summed E-state index contributed by atoms with van der Waals surface area (Å²) in [4.78, 5) is 53.5. The Morgan fingerprint density at radius 2 is 1.00 bits per heavy atom. The van der Waals surface area contributed by atoms with Crippen LogP contribution in [0.1, 0.15) is 0 Å². The number of carboxylic acid groups (broad SMARTS) is 3. The topological polar surface area (TPSA) is 180 Å². The molecule has 1 heterocycles. The van der Waals surface area contributed by atoms with Crippen LogP contribution in [-0.4, -0.2) is 137 Å². The first-order valence-electron chi connectivity index (χ1n) is 11.3. The van der Waals surface area contributed by atoms with E-state index in [4.69, 9.17) is 5.73 Å². The zero-order valence-corrected chi connectivity index (χ0v) is 19.6. The van der Waals surface area contributed by atoms with E-state index in [-0.39, 0.29) is 32.1 Å². The first-order chi connectivity index (χ1) is 16.6. The van der Waals surface area contributed by atoms with Gasteiger partial charge in [0.1, 0.15) is 0 Å². The number of hydrogen-bond donors (Lipinski definition) is 5. The van der Waals surface area contributed by atoms with E-state index < -0.39 is 17.9 Å².